The van der Waals surface area contributed by atoms with Crippen molar-refractivity contribution in [2.45, 2.75) is 32.1 Å². The molecule has 0 spiro atoms. The van der Waals surface area contributed by atoms with Crippen LogP contribution < -0.4 is 4.90 Å². The van der Waals surface area contributed by atoms with E-state index in [1.807, 2.05) is 4.90 Å². The number of likely N-dealkylation sites (tertiary alicyclic amines) is 1. The third-order valence-corrected chi connectivity index (χ3v) is 6.74. The van der Waals surface area contributed by atoms with Crippen LogP contribution in [0.2, 0.25) is 0 Å². The molecule has 1 aromatic carbocycles. The van der Waals surface area contributed by atoms with E-state index in [9.17, 15) is 14.4 Å². The molecule has 2 aliphatic carbocycles. The molecule has 2 bridgehead atoms. The highest BCUT2D eigenvalue weighted by atomic mass is 16.2. The van der Waals surface area contributed by atoms with Crippen LogP contribution in [-0.4, -0.2) is 35.7 Å². The van der Waals surface area contributed by atoms with Crippen LogP contribution in [0.25, 0.3) is 0 Å². The van der Waals surface area contributed by atoms with Crippen LogP contribution in [0.5, 0.6) is 0 Å². The molecule has 1 saturated carbocycles. The lowest BCUT2D eigenvalue weighted by atomic mass is 9.85. The van der Waals surface area contributed by atoms with Gasteiger partial charge in [0.1, 0.15) is 0 Å². The van der Waals surface area contributed by atoms with Gasteiger partial charge in [-0.05, 0) is 55.4 Å². The summed E-state index contributed by atoms with van der Waals surface area (Å²) in [6.45, 7) is 1.62. The van der Waals surface area contributed by atoms with Crippen LogP contribution >= 0.6 is 0 Å². The number of carbonyl (C=O) groups excluding carboxylic acids is 3. The average molecular weight is 364 g/mol. The zero-order valence-corrected chi connectivity index (χ0v) is 15.3. The van der Waals surface area contributed by atoms with E-state index in [0.29, 0.717) is 11.3 Å². The van der Waals surface area contributed by atoms with Gasteiger partial charge >= 0.3 is 0 Å². The van der Waals surface area contributed by atoms with Crippen LogP contribution in [0.3, 0.4) is 0 Å². The fraction of sp³-hybridized carbons (Fsp3) is 0.500. The smallest absolute Gasteiger partial charge is 0.253 e. The van der Waals surface area contributed by atoms with E-state index in [2.05, 4.69) is 12.2 Å². The number of imide groups is 1. The molecule has 3 fully saturated rings. The number of rotatable bonds is 2. The van der Waals surface area contributed by atoms with Crippen molar-refractivity contribution in [3.63, 3.8) is 0 Å². The number of amides is 3. The number of anilines is 1. The summed E-state index contributed by atoms with van der Waals surface area (Å²) < 4.78 is 0. The van der Waals surface area contributed by atoms with Crippen molar-refractivity contribution in [3.05, 3.63) is 42.0 Å². The van der Waals surface area contributed by atoms with Crippen molar-refractivity contribution in [1.29, 1.82) is 0 Å². The first-order valence-electron chi connectivity index (χ1n) is 10.1. The summed E-state index contributed by atoms with van der Waals surface area (Å²) in [5.41, 5.74) is 1.22. The molecule has 140 valence electrons. The van der Waals surface area contributed by atoms with Gasteiger partial charge in [0, 0.05) is 18.7 Å². The van der Waals surface area contributed by atoms with E-state index in [4.69, 9.17) is 0 Å². The maximum absolute atomic E-state index is 12.9. The lowest BCUT2D eigenvalue weighted by Gasteiger charge is -2.21. The van der Waals surface area contributed by atoms with E-state index >= 15 is 0 Å². The summed E-state index contributed by atoms with van der Waals surface area (Å²) in [5, 5.41) is 0. The molecule has 2 heterocycles. The Morgan fingerprint density at radius 3 is 1.93 bits per heavy atom. The quantitative estimate of drug-likeness (QED) is 0.599. The van der Waals surface area contributed by atoms with Gasteiger partial charge in [-0.3, -0.25) is 19.3 Å². The summed E-state index contributed by atoms with van der Waals surface area (Å²) in [6, 6.07) is 7.00. The lowest BCUT2D eigenvalue weighted by molar-refractivity contribution is -0.123. The highest BCUT2D eigenvalue weighted by Gasteiger charge is 2.59. The molecule has 0 N–H and O–H groups in total. The Bertz CT molecular complexity index is 790. The molecule has 27 heavy (non-hydrogen) atoms. The Balaban J connectivity index is 1.36. The molecule has 5 nitrogen and oxygen atoms in total. The Kier molecular flexibility index (Phi) is 3.92. The van der Waals surface area contributed by atoms with Crippen molar-refractivity contribution in [2.75, 3.05) is 18.0 Å². The Hall–Kier alpha value is -2.43. The SMILES string of the molecule is O=C(c1ccc(N2C(=O)C3C4C=CC(C4)C3C2=O)cc1)N1CCCCCC1. The van der Waals surface area contributed by atoms with E-state index in [1.165, 1.54) is 17.7 Å². The van der Waals surface area contributed by atoms with Crippen LogP contribution in [0.4, 0.5) is 5.69 Å². The van der Waals surface area contributed by atoms with Crippen molar-refractivity contribution >= 4 is 23.4 Å². The van der Waals surface area contributed by atoms with Gasteiger partial charge in [0.25, 0.3) is 5.91 Å². The minimum atomic E-state index is -0.189. The Morgan fingerprint density at radius 2 is 1.37 bits per heavy atom. The van der Waals surface area contributed by atoms with Gasteiger partial charge in [-0.2, -0.15) is 0 Å². The molecular formula is C22H24N2O3. The molecular weight excluding hydrogens is 340 g/mol. The molecule has 3 amide bonds. The van der Waals surface area contributed by atoms with Crippen LogP contribution in [0.1, 0.15) is 42.5 Å². The van der Waals surface area contributed by atoms with Crippen molar-refractivity contribution in [1.82, 2.24) is 4.90 Å². The van der Waals surface area contributed by atoms with Crippen LogP contribution in [0.15, 0.2) is 36.4 Å². The topological polar surface area (TPSA) is 57.7 Å². The molecule has 5 rings (SSSR count). The first-order valence-corrected chi connectivity index (χ1v) is 10.1. The molecule has 2 saturated heterocycles. The number of carbonyl (C=O) groups is 3. The van der Waals surface area contributed by atoms with Gasteiger partial charge in [0.15, 0.2) is 0 Å². The summed E-state index contributed by atoms with van der Waals surface area (Å²) in [4.78, 5) is 41.8. The summed E-state index contributed by atoms with van der Waals surface area (Å²) in [6.07, 6.45) is 9.61. The second-order valence-electron chi connectivity index (χ2n) is 8.27. The zero-order chi connectivity index (χ0) is 18.5. The third kappa shape index (κ3) is 2.55. The summed E-state index contributed by atoms with van der Waals surface area (Å²) >= 11 is 0. The van der Waals surface area contributed by atoms with Gasteiger partial charge in [-0.15, -0.1) is 0 Å². The fourth-order valence-electron chi connectivity index (χ4n) is 5.37. The van der Waals surface area contributed by atoms with Crippen molar-refractivity contribution in [2.24, 2.45) is 23.7 Å². The van der Waals surface area contributed by atoms with Crippen LogP contribution in [-0.2, 0) is 9.59 Å². The van der Waals surface area contributed by atoms with Crippen molar-refractivity contribution in [3.8, 4) is 0 Å². The number of allylic oxidation sites excluding steroid dienone is 2. The van der Waals surface area contributed by atoms with Gasteiger partial charge in [0.05, 0.1) is 17.5 Å². The van der Waals surface area contributed by atoms with Gasteiger partial charge in [0.2, 0.25) is 11.8 Å². The highest BCUT2D eigenvalue weighted by molar-refractivity contribution is 6.22. The van der Waals surface area contributed by atoms with Crippen molar-refractivity contribution < 1.29 is 14.4 Å². The predicted molar refractivity (Wildman–Crippen MR) is 101 cm³/mol. The van der Waals surface area contributed by atoms with Gasteiger partial charge in [-0.1, -0.05) is 25.0 Å². The lowest BCUT2D eigenvalue weighted by Crippen LogP contribution is -2.33. The number of fused-ring (bicyclic) bond motifs is 5. The maximum atomic E-state index is 12.9. The molecule has 4 aliphatic rings. The fourth-order valence-corrected chi connectivity index (χ4v) is 5.37. The van der Waals surface area contributed by atoms with Gasteiger partial charge in [-0.25, -0.2) is 0 Å². The molecule has 0 aromatic heterocycles. The van der Waals surface area contributed by atoms with E-state index in [-0.39, 0.29) is 41.4 Å². The average Bonchev–Trinajstić information content (AvgIpc) is 3.28. The molecule has 0 radical (unpaired) electrons. The first kappa shape index (κ1) is 16.7. The second kappa shape index (κ2) is 6.32. The Labute approximate surface area is 159 Å². The van der Waals surface area contributed by atoms with E-state index < -0.39 is 0 Å². The predicted octanol–water partition coefficient (Wildman–Crippen LogP) is 3.01. The normalized spacial score (nSPS) is 32.1. The molecule has 5 heteroatoms. The number of hydrogen-bond acceptors (Lipinski definition) is 3. The minimum absolute atomic E-state index is 0.0432. The Morgan fingerprint density at radius 1 is 0.815 bits per heavy atom. The summed E-state index contributed by atoms with van der Waals surface area (Å²) in [7, 11) is 0. The van der Waals surface area contributed by atoms with Gasteiger partial charge < -0.3 is 4.90 Å². The molecule has 2 aliphatic heterocycles. The van der Waals surface area contributed by atoms with E-state index in [0.717, 1.165) is 32.4 Å². The monoisotopic (exact) mass is 364 g/mol. The second-order valence-corrected chi connectivity index (χ2v) is 8.27. The molecule has 4 unspecified atom stereocenters. The summed E-state index contributed by atoms with van der Waals surface area (Å²) in [5.74, 6) is -0.0592. The minimum Gasteiger partial charge on any atom is -0.339 e. The third-order valence-electron chi connectivity index (χ3n) is 6.74. The maximum Gasteiger partial charge on any atom is 0.253 e. The molecule has 4 atom stereocenters. The number of nitrogens with zero attached hydrogens (tertiary/aromatic N) is 2. The van der Waals surface area contributed by atoms with E-state index in [1.54, 1.807) is 24.3 Å². The van der Waals surface area contributed by atoms with Crippen LogP contribution in [0, 0.1) is 23.7 Å². The highest BCUT2D eigenvalue weighted by Crippen LogP contribution is 2.53. The zero-order valence-electron chi connectivity index (χ0n) is 15.3. The molecule has 1 aromatic rings. The standard InChI is InChI=1S/C22H24N2O3/c25-20(23-11-3-1-2-4-12-23)14-7-9-17(10-8-14)24-21(26)18-15-5-6-16(13-15)19(18)22(24)27/h5-10,15-16,18-19H,1-4,11-13H2. The number of hydrogen-bond donors (Lipinski definition) is 0. The number of benzene rings is 1. The first-order chi connectivity index (χ1) is 13.1. The largest absolute Gasteiger partial charge is 0.339 e.